The minimum absolute atomic E-state index is 0.167. The van der Waals surface area contributed by atoms with Gasteiger partial charge in [-0.3, -0.25) is 14.4 Å². The number of benzene rings is 1. The van der Waals surface area contributed by atoms with E-state index in [1.807, 2.05) is 45.0 Å². The standard InChI is InChI=1S/C27H32ClN5O5S/c1-27(2,3)23(32-24(34)20-12-11-17-8-5-6-9-19(17)31-20)26(36)33-15-7-10-21(33)25(35)30-18(13-14-29)16-22(28)39(4,37)38/h5-6,8-9,11-12,16,18,21,23H,7,10,13,15H2,1-4H3,(H,30,35)(H,32,34)/t18-,21+,23+/m0/s1. The lowest BCUT2D eigenvalue weighted by molar-refractivity contribution is -0.142. The number of halogens is 1. The highest BCUT2D eigenvalue weighted by Gasteiger charge is 2.42. The summed E-state index contributed by atoms with van der Waals surface area (Å²) in [5, 5.41) is 15.5. The van der Waals surface area contributed by atoms with Crippen molar-refractivity contribution in [3.05, 3.63) is 52.5 Å². The normalized spacial score (nSPS) is 17.8. The molecule has 1 saturated heterocycles. The van der Waals surface area contributed by atoms with Crippen LogP contribution in [0.3, 0.4) is 0 Å². The van der Waals surface area contributed by atoms with Gasteiger partial charge in [0.15, 0.2) is 9.84 Å². The number of nitriles is 1. The molecule has 1 aliphatic rings. The molecule has 0 spiro atoms. The van der Waals surface area contributed by atoms with Gasteiger partial charge in [0.1, 0.15) is 22.1 Å². The molecular formula is C27H32ClN5O5S. The van der Waals surface area contributed by atoms with Gasteiger partial charge in [-0.1, -0.05) is 56.6 Å². The molecule has 10 nitrogen and oxygen atoms in total. The Kier molecular flexibility index (Phi) is 9.35. The third-order valence-corrected chi connectivity index (χ3v) is 8.19. The van der Waals surface area contributed by atoms with Crippen LogP contribution in [0.5, 0.6) is 0 Å². The van der Waals surface area contributed by atoms with Crippen LogP contribution in [0.4, 0.5) is 0 Å². The van der Waals surface area contributed by atoms with Gasteiger partial charge in [-0.05, 0) is 36.5 Å². The van der Waals surface area contributed by atoms with E-state index >= 15 is 0 Å². The summed E-state index contributed by atoms with van der Waals surface area (Å²) in [7, 11) is -3.71. The van der Waals surface area contributed by atoms with Crippen molar-refractivity contribution < 1.29 is 22.8 Å². The summed E-state index contributed by atoms with van der Waals surface area (Å²) in [6, 6.07) is 9.88. The number of carbonyl (C=O) groups is 3. The van der Waals surface area contributed by atoms with Crippen LogP contribution >= 0.6 is 11.6 Å². The number of aromatic nitrogens is 1. The second kappa shape index (κ2) is 12.1. The third-order valence-electron chi connectivity index (χ3n) is 6.38. The van der Waals surface area contributed by atoms with Gasteiger partial charge in [0.2, 0.25) is 11.8 Å². The topological polar surface area (TPSA) is 149 Å². The first-order chi connectivity index (χ1) is 18.2. The number of hydrogen-bond donors (Lipinski definition) is 2. The quantitative estimate of drug-likeness (QED) is 0.493. The van der Waals surface area contributed by atoms with Crippen LogP contribution in [0, 0.1) is 16.7 Å². The average molecular weight is 574 g/mol. The number of rotatable bonds is 8. The van der Waals surface area contributed by atoms with Crippen LogP contribution < -0.4 is 10.6 Å². The minimum atomic E-state index is -3.71. The zero-order chi connectivity index (χ0) is 29.0. The van der Waals surface area contributed by atoms with Crippen molar-refractivity contribution in [2.24, 2.45) is 5.41 Å². The van der Waals surface area contributed by atoms with Crippen LogP contribution in [-0.2, 0) is 19.4 Å². The van der Waals surface area contributed by atoms with E-state index in [0.717, 1.165) is 17.7 Å². The molecule has 12 heteroatoms. The molecule has 1 aromatic heterocycles. The molecule has 0 saturated carbocycles. The molecule has 3 atom stereocenters. The fourth-order valence-electron chi connectivity index (χ4n) is 4.33. The molecular weight excluding hydrogens is 542 g/mol. The monoisotopic (exact) mass is 573 g/mol. The Morgan fingerprint density at radius 3 is 2.54 bits per heavy atom. The lowest BCUT2D eigenvalue weighted by Crippen LogP contribution is -2.58. The molecule has 2 aromatic rings. The predicted octanol–water partition coefficient (Wildman–Crippen LogP) is 2.89. The number of nitrogens with zero attached hydrogens (tertiary/aromatic N) is 3. The van der Waals surface area contributed by atoms with Gasteiger partial charge in [0.05, 0.1) is 24.0 Å². The number of fused-ring (bicyclic) bond motifs is 1. The first-order valence-electron chi connectivity index (χ1n) is 12.4. The van der Waals surface area contributed by atoms with Crippen molar-refractivity contribution >= 4 is 50.1 Å². The van der Waals surface area contributed by atoms with Gasteiger partial charge >= 0.3 is 0 Å². The Labute approximate surface area is 233 Å². The molecule has 3 amide bonds. The van der Waals surface area contributed by atoms with E-state index < -0.39 is 55.5 Å². The summed E-state index contributed by atoms with van der Waals surface area (Å²) < 4.78 is 22.9. The summed E-state index contributed by atoms with van der Waals surface area (Å²) in [6.45, 7) is 5.75. The molecule has 0 bridgehead atoms. The number of sulfone groups is 1. The maximum Gasteiger partial charge on any atom is 0.270 e. The summed E-state index contributed by atoms with van der Waals surface area (Å²) in [5.74, 6) is -1.47. The molecule has 39 heavy (non-hydrogen) atoms. The van der Waals surface area contributed by atoms with E-state index in [9.17, 15) is 22.8 Å². The number of para-hydroxylation sites is 1. The highest BCUT2D eigenvalue weighted by atomic mass is 35.5. The zero-order valence-corrected chi connectivity index (χ0v) is 23.8. The number of likely N-dealkylation sites (tertiary alicyclic amines) is 1. The zero-order valence-electron chi connectivity index (χ0n) is 22.3. The lowest BCUT2D eigenvalue weighted by Gasteiger charge is -2.35. The van der Waals surface area contributed by atoms with Gasteiger partial charge in [-0.2, -0.15) is 5.26 Å². The van der Waals surface area contributed by atoms with Crippen molar-refractivity contribution in [1.82, 2.24) is 20.5 Å². The highest BCUT2D eigenvalue weighted by Crippen LogP contribution is 2.26. The van der Waals surface area contributed by atoms with Gasteiger partial charge in [-0.15, -0.1) is 0 Å². The fourth-order valence-corrected chi connectivity index (χ4v) is 4.89. The van der Waals surface area contributed by atoms with Gasteiger partial charge < -0.3 is 15.5 Å². The van der Waals surface area contributed by atoms with Gasteiger partial charge in [0, 0.05) is 18.2 Å². The Morgan fingerprint density at radius 2 is 1.90 bits per heavy atom. The molecule has 208 valence electrons. The molecule has 0 aliphatic carbocycles. The van der Waals surface area contributed by atoms with Crippen molar-refractivity contribution in [3.8, 4) is 6.07 Å². The van der Waals surface area contributed by atoms with Crippen molar-refractivity contribution in [2.75, 3.05) is 12.8 Å². The SMILES string of the molecule is CC(C)(C)[C@H](NC(=O)c1ccc2ccccc2n1)C(=O)N1CCC[C@@H]1C(=O)N[C@H](C=C(Cl)S(C)(=O)=O)CC#N. The van der Waals surface area contributed by atoms with E-state index in [1.165, 1.54) is 4.90 Å². The van der Waals surface area contributed by atoms with Crippen molar-refractivity contribution in [1.29, 1.82) is 5.26 Å². The second-order valence-corrected chi connectivity index (χ2v) is 13.2. The highest BCUT2D eigenvalue weighted by molar-refractivity contribution is 7.96. The van der Waals surface area contributed by atoms with Crippen molar-refractivity contribution in [3.63, 3.8) is 0 Å². The van der Waals surface area contributed by atoms with E-state index in [4.69, 9.17) is 16.9 Å². The third kappa shape index (κ3) is 7.55. The van der Waals surface area contributed by atoms with Crippen LogP contribution in [0.2, 0.25) is 0 Å². The number of carbonyl (C=O) groups excluding carboxylic acids is 3. The molecule has 0 radical (unpaired) electrons. The largest absolute Gasteiger partial charge is 0.347 e. The van der Waals surface area contributed by atoms with Gasteiger partial charge in [-0.25, -0.2) is 13.4 Å². The van der Waals surface area contributed by atoms with E-state index in [2.05, 4.69) is 15.6 Å². The lowest BCUT2D eigenvalue weighted by atomic mass is 9.85. The second-order valence-electron chi connectivity index (χ2n) is 10.6. The number of hydrogen-bond acceptors (Lipinski definition) is 7. The number of pyridine rings is 1. The van der Waals surface area contributed by atoms with Crippen molar-refractivity contribution in [2.45, 2.75) is 58.2 Å². The maximum atomic E-state index is 13.8. The molecule has 1 aliphatic heterocycles. The molecule has 2 heterocycles. The van der Waals surface area contributed by atoms with Crippen LogP contribution in [-0.4, -0.2) is 66.9 Å². The Hall–Kier alpha value is -3.49. The molecule has 1 fully saturated rings. The van der Waals surface area contributed by atoms with E-state index in [0.29, 0.717) is 24.9 Å². The van der Waals surface area contributed by atoms with Crippen LogP contribution in [0.15, 0.2) is 46.8 Å². The summed E-state index contributed by atoms with van der Waals surface area (Å²) >= 11 is 5.84. The first-order valence-corrected chi connectivity index (χ1v) is 14.7. The smallest absolute Gasteiger partial charge is 0.270 e. The maximum absolute atomic E-state index is 13.8. The predicted molar refractivity (Wildman–Crippen MR) is 148 cm³/mol. The minimum Gasteiger partial charge on any atom is -0.347 e. The van der Waals surface area contributed by atoms with Gasteiger partial charge in [0.25, 0.3) is 5.91 Å². The Morgan fingerprint density at radius 1 is 1.21 bits per heavy atom. The Bertz CT molecular complexity index is 1440. The molecule has 1 aromatic carbocycles. The van der Waals surface area contributed by atoms with Crippen LogP contribution in [0.25, 0.3) is 10.9 Å². The van der Waals surface area contributed by atoms with E-state index in [1.54, 1.807) is 18.2 Å². The first kappa shape index (κ1) is 30.1. The average Bonchev–Trinajstić information content (AvgIpc) is 3.35. The summed E-state index contributed by atoms with van der Waals surface area (Å²) in [6.07, 6.45) is 2.75. The molecule has 0 unspecified atom stereocenters. The van der Waals surface area contributed by atoms with Crippen LogP contribution in [0.1, 0.15) is 50.5 Å². The summed E-state index contributed by atoms with van der Waals surface area (Å²) in [5.41, 5.74) is 0.125. The molecule has 3 rings (SSSR count). The molecule has 2 N–H and O–H groups in total. The van der Waals surface area contributed by atoms with E-state index in [-0.39, 0.29) is 12.1 Å². The fraction of sp³-hybridized carbons (Fsp3) is 0.444. The summed E-state index contributed by atoms with van der Waals surface area (Å²) in [4.78, 5) is 45.9. The number of nitrogens with one attached hydrogen (secondary N) is 2. The Balaban J connectivity index is 1.80. The number of amides is 3.